The van der Waals surface area contributed by atoms with Gasteiger partial charge in [-0.05, 0) is 72.9 Å². The number of aromatic nitrogens is 1. The Labute approximate surface area is 233 Å². The minimum atomic E-state index is -3.58. The third-order valence-corrected chi connectivity index (χ3v) is 7.37. The number of sulfonamides is 1. The van der Waals surface area contributed by atoms with Gasteiger partial charge in [0.25, 0.3) is 0 Å². The normalized spacial score (nSPS) is 17.4. The van der Waals surface area contributed by atoms with Crippen molar-refractivity contribution in [3.05, 3.63) is 94.7 Å². The number of thiocarbonyl (C=S) groups is 1. The molecule has 1 aliphatic heterocycles. The molecule has 2 aromatic heterocycles. The molecule has 8 nitrogen and oxygen atoms in total. The van der Waals surface area contributed by atoms with Crippen molar-refractivity contribution in [2.75, 3.05) is 23.0 Å². The molecule has 0 unspecified atom stereocenters. The second-order valence-corrected chi connectivity index (χ2v) is 11.6. The molecule has 0 spiro atoms. The lowest BCUT2D eigenvalue weighted by molar-refractivity contribution is 0.416. The van der Waals surface area contributed by atoms with Gasteiger partial charge in [0, 0.05) is 16.4 Å². The van der Waals surface area contributed by atoms with E-state index in [2.05, 4.69) is 31.0 Å². The Kier molecular flexibility index (Phi) is 7.12. The molecule has 2 aromatic carbocycles. The lowest BCUT2D eigenvalue weighted by atomic mass is 10.0. The van der Waals surface area contributed by atoms with Crippen molar-refractivity contribution in [3.63, 3.8) is 0 Å². The van der Waals surface area contributed by atoms with Crippen molar-refractivity contribution in [2.45, 2.75) is 12.1 Å². The summed E-state index contributed by atoms with van der Waals surface area (Å²) in [7, 11) is -2.13. The maximum absolute atomic E-state index is 14.7. The average molecular weight is 618 g/mol. The molecule has 0 radical (unpaired) electrons. The molecule has 2 N–H and O–H groups in total. The van der Waals surface area contributed by atoms with Crippen LogP contribution in [0.5, 0.6) is 5.75 Å². The largest absolute Gasteiger partial charge is 0.495 e. The Bertz CT molecular complexity index is 1610. The SMILES string of the molecule is COc1ccc(N2C(=S)N[C@H](c3ccccn3)[C@@H]2c2ccc(-c3ccc(Br)cc3F)o2)cc1NS(C)(=O)=O. The van der Waals surface area contributed by atoms with E-state index in [1.165, 1.54) is 13.2 Å². The number of anilines is 2. The number of nitrogens with one attached hydrogen (secondary N) is 2. The summed E-state index contributed by atoms with van der Waals surface area (Å²) in [5.74, 6) is 0.793. The third kappa shape index (κ3) is 5.24. The molecule has 38 heavy (non-hydrogen) atoms. The lowest BCUT2D eigenvalue weighted by Gasteiger charge is -2.27. The molecular weight excluding hydrogens is 595 g/mol. The van der Waals surface area contributed by atoms with Crippen LogP contribution >= 0.6 is 28.1 Å². The standard InChI is InChI=1S/C26H22BrFN4O4S2/c1-35-22-9-7-16(14-20(22)31-38(2,33)34)32-25(24(30-26(32)37)19-5-3-4-12-29-19)23-11-10-21(36-23)17-8-6-15(27)13-18(17)28/h3-14,24-25,31H,1-2H3,(H,30,37)/t24-,25+/m1/s1. The Hall–Kier alpha value is -3.48. The van der Waals surface area contributed by atoms with Gasteiger partial charge in [-0.2, -0.15) is 0 Å². The Morgan fingerprint density at radius 2 is 1.97 bits per heavy atom. The van der Waals surface area contributed by atoms with Crippen LogP contribution in [0.3, 0.4) is 0 Å². The number of halogens is 2. The van der Waals surface area contributed by atoms with Gasteiger partial charge in [-0.15, -0.1) is 0 Å². The zero-order valence-electron chi connectivity index (χ0n) is 20.2. The van der Waals surface area contributed by atoms with Crippen LogP contribution < -0.4 is 19.7 Å². The Morgan fingerprint density at radius 1 is 1.16 bits per heavy atom. The van der Waals surface area contributed by atoms with Crippen LogP contribution in [0.25, 0.3) is 11.3 Å². The highest BCUT2D eigenvalue weighted by Gasteiger charge is 2.43. The summed E-state index contributed by atoms with van der Waals surface area (Å²) in [4.78, 5) is 6.34. The van der Waals surface area contributed by atoms with E-state index >= 15 is 0 Å². The number of pyridine rings is 1. The van der Waals surface area contributed by atoms with Crippen LogP contribution in [-0.4, -0.2) is 31.9 Å². The molecule has 0 aliphatic carbocycles. The van der Waals surface area contributed by atoms with Crippen molar-refractivity contribution in [1.29, 1.82) is 0 Å². The summed E-state index contributed by atoms with van der Waals surface area (Å²) < 4.78 is 53.4. The molecule has 1 saturated heterocycles. The van der Waals surface area contributed by atoms with E-state index in [-0.39, 0.29) is 5.69 Å². The zero-order chi connectivity index (χ0) is 27.0. The molecule has 1 fully saturated rings. The number of nitrogens with zero attached hydrogens (tertiary/aromatic N) is 2. The van der Waals surface area contributed by atoms with Crippen LogP contribution in [0.1, 0.15) is 23.5 Å². The van der Waals surface area contributed by atoms with Crippen LogP contribution in [0, 0.1) is 5.82 Å². The topological polar surface area (TPSA) is 96.7 Å². The van der Waals surface area contributed by atoms with E-state index in [0.717, 1.165) is 11.9 Å². The summed E-state index contributed by atoms with van der Waals surface area (Å²) in [6.45, 7) is 0. The van der Waals surface area contributed by atoms with Gasteiger partial charge in [-0.25, -0.2) is 12.8 Å². The minimum Gasteiger partial charge on any atom is -0.495 e. The minimum absolute atomic E-state index is 0.257. The highest BCUT2D eigenvalue weighted by molar-refractivity contribution is 9.10. The first kappa shape index (κ1) is 26.1. The first-order valence-corrected chi connectivity index (χ1v) is 14.5. The second-order valence-electron chi connectivity index (χ2n) is 8.58. The molecule has 3 heterocycles. The number of rotatable bonds is 7. The van der Waals surface area contributed by atoms with Crippen LogP contribution in [0.15, 0.2) is 81.8 Å². The van der Waals surface area contributed by atoms with Crippen LogP contribution in [0.2, 0.25) is 0 Å². The zero-order valence-corrected chi connectivity index (χ0v) is 23.4. The summed E-state index contributed by atoms with van der Waals surface area (Å²) in [6, 6.07) is 17.9. The van der Waals surface area contributed by atoms with E-state index < -0.39 is 27.9 Å². The van der Waals surface area contributed by atoms with Crippen LogP contribution in [-0.2, 0) is 10.0 Å². The Morgan fingerprint density at radius 3 is 2.66 bits per heavy atom. The molecule has 1 aliphatic rings. The second kappa shape index (κ2) is 10.4. The van der Waals surface area contributed by atoms with Gasteiger partial charge in [0.05, 0.1) is 36.4 Å². The van der Waals surface area contributed by atoms with Gasteiger partial charge in [0.2, 0.25) is 10.0 Å². The maximum atomic E-state index is 14.7. The van der Waals surface area contributed by atoms with Crippen LogP contribution in [0.4, 0.5) is 15.8 Å². The quantitative estimate of drug-likeness (QED) is 0.251. The fourth-order valence-corrected chi connectivity index (χ4v) is 5.63. The first-order valence-electron chi connectivity index (χ1n) is 11.4. The molecule has 196 valence electrons. The van der Waals surface area contributed by atoms with Gasteiger partial charge in [-0.1, -0.05) is 22.0 Å². The molecule has 0 bridgehead atoms. The summed E-state index contributed by atoms with van der Waals surface area (Å²) in [5.41, 5.74) is 1.88. The molecule has 5 rings (SSSR count). The number of hydrogen-bond donors (Lipinski definition) is 2. The number of ether oxygens (including phenoxy) is 1. The number of furan rings is 1. The van der Waals surface area contributed by atoms with Gasteiger partial charge in [-0.3, -0.25) is 9.71 Å². The van der Waals surface area contributed by atoms with Gasteiger partial charge < -0.3 is 19.4 Å². The number of benzene rings is 2. The first-order chi connectivity index (χ1) is 18.1. The highest BCUT2D eigenvalue weighted by Crippen LogP contribution is 2.44. The number of hydrogen-bond acceptors (Lipinski definition) is 6. The van der Waals surface area contributed by atoms with Gasteiger partial charge in [0.15, 0.2) is 5.11 Å². The summed E-state index contributed by atoms with van der Waals surface area (Å²) >= 11 is 9.01. The molecule has 0 saturated carbocycles. The smallest absolute Gasteiger partial charge is 0.229 e. The average Bonchev–Trinajstić information content (AvgIpc) is 3.48. The van der Waals surface area contributed by atoms with Gasteiger partial charge in [0.1, 0.15) is 29.1 Å². The van der Waals surface area contributed by atoms with E-state index in [9.17, 15) is 12.8 Å². The molecule has 2 atom stereocenters. The third-order valence-electron chi connectivity index (χ3n) is 5.97. The molecule has 4 aromatic rings. The van der Waals surface area contributed by atoms with Gasteiger partial charge >= 0.3 is 0 Å². The fourth-order valence-electron chi connectivity index (χ4n) is 4.39. The lowest BCUT2D eigenvalue weighted by Crippen LogP contribution is -2.29. The van der Waals surface area contributed by atoms with E-state index in [1.54, 1.807) is 48.7 Å². The molecule has 0 amide bonds. The predicted octanol–water partition coefficient (Wildman–Crippen LogP) is 5.80. The van der Waals surface area contributed by atoms with E-state index in [0.29, 0.717) is 38.1 Å². The Balaban J connectivity index is 1.62. The molecular formula is C26H22BrFN4O4S2. The highest BCUT2D eigenvalue weighted by atomic mass is 79.9. The fraction of sp³-hybridized carbons (Fsp3) is 0.154. The van der Waals surface area contributed by atoms with Crippen molar-refractivity contribution in [3.8, 4) is 17.1 Å². The van der Waals surface area contributed by atoms with E-state index in [4.69, 9.17) is 21.4 Å². The number of methoxy groups -OCH3 is 1. The summed E-state index contributed by atoms with van der Waals surface area (Å²) in [5, 5.41) is 3.70. The monoisotopic (exact) mass is 616 g/mol. The maximum Gasteiger partial charge on any atom is 0.229 e. The van der Waals surface area contributed by atoms with Crippen molar-refractivity contribution in [2.24, 2.45) is 0 Å². The van der Waals surface area contributed by atoms with Crippen molar-refractivity contribution >= 4 is 54.7 Å². The predicted molar refractivity (Wildman–Crippen MR) is 151 cm³/mol. The summed E-state index contributed by atoms with van der Waals surface area (Å²) in [6.07, 6.45) is 2.75. The van der Waals surface area contributed by atoms with Crippen molar-refractivity contribution < 1.29 is 22.0 Å². The van der Waals surface area contributed by atoms with E-state index in [1.807, 2.05) is 23.1 Å². The van der Waals surface area contributed by atoms with Crippen molar-refractivity contribution in [1.82, 2.24) is 10.3 Å². The molecule has 12 heteroatoms.